The Morgan fingerprint density at radius 2 is 2.17 bits per heavy atom. The maximum absolute atomic E-state index is 12.5. The van der Waals surface area contributed by atoms with E-state index in [0.29, 0.717) is 12.2 Å². The molecule has 0 spiro atoms. The highest BCUT2D eigenvalue weighted by Crippen LogP contribution is 2.23. The highest BCUT2D eigenvalue weighted by molar-refractivity contribution is 9.10. The third-order valence-electron chi connectivity index (χ3n) is 3.43. The second-order valence-corrected chi connectivity index (χ2v) is 6.93. The van der Waals surface area contributed by atoms with E-state index in [1.807, 2.05) is 45.0 Å². The van der Waals surface area contributed by atoms with Crippen LogP contribution in [0, 0.1) is 11.8 Å². The largest absolute Gasteiger partial charge is 0.481 e. The van der Waals surface area contributed by atoms with Crippen LogP contribution in [0.15, 0.2) is 34.9 Å². The Hall–Kier alpha value is -2.06. The van der Waals surface area contributed by atoms with Gasteiger partial charge in [0.1, 0.15) is 5.75 Å². The fourth-order valence-corrected chi connectivity index (χ4v) is 2.72. The lowest BCUT2D eigenvalue weighted by atomic mass is 10.1. The molecule has 2 rings (SSSR count). The molecule has 1 N–H and O–H groups in total. The van der Waals surface area contributed by atoms with Gasteiger partial charge in [-0.25, -0.2) is 0 Å². The Labute approximate surface area is 151 Å². The lowest BCUT2D eigenvalue weighted by Gasteiger charge is -2.24. The Morgan fingerprint density at radius 1 is 1.42 bits per heavy atom. The minimum Gasteiger partial charge on any atom is -0.481 e. The molecule has 24 heavy (non-hydrogen) atoms. The van der Waals surface area contributed by atoms with Gasteiger partial charge in [0.25, 0.3) is 5.91 Å². The first-order valence-electron chi connectivity index (χ1n) is 7.82. The average molecular weight is 389 g/mol. The van der Waals surface area contributed by atoms with Crippen molar-refractivity contribution >= 4 is 32.7 Å². The Kier molecular flexibility index (Phi) is 5.84. The van der Waals surface area contributed by atoms with Crippen LogP contribution >= 0.6 is 15.9 Å². The summed E-state index contributed by atoms with van der Waals surface area (Å²) in [5, 5.41) is 3.87. The fraction of sp³-hybridized carbons (Fsp3) is 0.368. The van der Waals surface area contributed by atoms with E-state index in [2.05, 4.69) is 38.1 Å². The summed E-state index contributed by atoms with van der Waals surface area (Å²) in [5.74, 6) is 6.28. The number of halogens is 1. The molecule has 126 valence electrons. The number of ether oxygens (including phenoxy) is 1. The van der Waals surface area contributed by atoms with Crippen LogP contribution in [0.2, 0.25) is 0 Å². The zero-order valence-electron chi connectivity index (χ0n) is 14.3. The van der Waals surface area contributed by atoms with Gasteiger partial charge in [0.2, 0.25) is 0 Å². The van der Waals surface area contributed by atoms with Gasteiger partial charge in [-0.15, -0.1) is 5.92 Å². The molecule has 0 saturated carbocycles. The first-order chi connectivity index (χ1) is 11.3. The quantitative estimate of drug-likeness (QED) is 0.785. The van der Waals surface area contributed by atoms with Crippen LogP contribution in [0.1, 0.15) is 34.1 Å². The smallest absolute Gasteiger partial charge is 0.262 e. The molecule has 0 fully saturated rings. The van der Waals surface area contributed by atoms with Gasteiger partial charge >= 0.3 is 0 Å². The van der Waals surface area contributed by atoms with Crippen LogP contribution in [-0.2, 0) is 4.79 Å². The van der Waals surface area contributed by atoms with E-state index in [9.17, 15) is 4.79 Å². The molecular weight excluding hydrogens is 368 g/mol. The summed E-state index contributed by atoms with van der Waals surface area (Å²) < 4.78 is 6.79. The van der Waals surface area contributed by atoms with Crippen molar-refractivity contribution in [2.24, 2.45) is 0 Å². The second kappa shape index (κ2) is 7.67. The molecule has 1 amide bonds. The van der Waals surface area contributed by atoms with E-state index in [4.69, 9.17) is 4.74 Å². The predicted octanol–water partition coefficient (Wildman–Crippen LogP) is 4.07. The van der Waals surface area contributed by atoms with Crippen molar-refractivity contribution in [1.82, 2.24) is 10.3 Å². The molecule has 5 heteroatoms. The SMILES string of the molecule is CC#CC(C)(C)NC(=O)C(CC)Oc1ccc2ncc(Br)cc2c1. The number of hydrogen-bond acceptors (Lipinski definition) is 3. The van der Waals surface area contributed by atoms with Gasteiger partial charge in [0.05, 0.1) is 11.1 Å². The highest BCUT2D eigenvalue weighted by Gasteiger charge is 2.24. The summed E-state index contributed by atoms with van der Waals surface area (Å²) in [7, 11) is 0. The lowest BCUT2D eigenvalue weighted by Crippen LogP contribution is -2.48. The normalized spacial score (nSPS) is 12.2. The van der Waals surface area contributed by atoms with Crippen molar-refractivity contribution < 1.29 is 9.53 Å². The number of nitrogens with one attached hydrogen (secondary N) is 1. The number of pyridine rings is 1. The summed E-state index contributed by atoms with van der Waals surface area (Å²) >= 11 is 3.41. The first kappa shape index (κ1) is 18.3. The van der Waals surface area contributed by atoms with E-state index < -0.39 is 11.6 Å². The minimum absolute atomic E-state index is 0.169. The number of fused-ring (bicyclic) bond motifs is 1. The highest BCUT2D eigenvalue weighted by atomic mass is 79.9. The minimum atomic E-state index is -0.583. The van der Waals surface area contributed by atoms with Crippen molar-refractivity contribution in [3.63, 3.8) is 0 Å². The molecule has 4 nitrogen and oxygen atoms in total. The summed E-state index contributed by atoms with van der Waals surface area (Å²) in [6.07, 6.45) is 1.75. The van der Waals surface area contributed by atoms with Crippen molar-refractivity contribution in [1.29, 1.82) is 0 Å². The van der Waals surface area contributed by atoms with E-state index >= 15 is 0 Å². The Morgan fingerprint density at radius 3 is 2.83 bits per heavy atom. The van der Waals surface area contributed by atoms with E-state index in [1.54, 1.807) is 13.1 Å². The van der Waals surface area contributed by atoms with Crippen molar-refractivity contribution in [3.8, 4) is 17.6 Å². The van der Waals surface area contributed by atoms with Gasteiger partial charge in [-0.3, -0.25) is 9.78 Å². The molecule has 1 atom stereocenters. The van der Waals surface area contributed by atoms with Crippen molar-refractivity contribution in [2.75, 3.05) is 0 Å². The number of carbonyl (C=O) groups is 1. The number of amides is 1. The fourth-order valence-electron chi connectivity index (χ4n) is 2.37. The second-order valence-electron chi connectivity index (χ2n) is 6.01. The van der Waals surface area contributed by atoms with Gasteiger partial charge in [0, 0.05) is 16.1 Å². The summed E-state index contributed by atoms with van der Waals surface area (Å²) in [6, 6.07) is 7.57. The van der Waals surface area contributed by atoms with Crippen LogP contribution in [0.4, 0.5) is 0 Å². The molecule has 1 heterocycles. The molecule has 0 saturated heterocycles. The molecule has 0 aliphatic heterocycles. The van der Waals surface area contributed by atoms with Gasteiger partial charge in [-0.05, 0) is 67.4 Å². The number of aromatic nitrogens is 1. The Bertz CT molecular complexity index is 806. The standard InChI is InChI=1S/C19H21BrN2O2/c1-5-9-19(3,4)22-18(23)17(6-2)24-15-7-8-16-13(11-15)10-14(20)12-21-16/h7-8,10-12,17H,6H2,1-4H3,(H,22,23). The molecule has 0 aliphatic carbocycles. The topological polar surface area (TPSA) is 51.2 Å². The zero-order valence-corrected chi connectivity index (χ0v) is 15.9. The zero-order chi connectivity index (χ0) is 17.7. The number of carbonyl (C=O) groups excluding carboxylic acids is 1. The van der Waals surface area contributed by atoms with E-state index in [1.165, 1.54) is 0 Å². The Balaban J connectivity index is 2.17. The van der Waals surface area contributed by atoms with Gasteiger partial charge in [-0.2, -0.15) is 0 Å². The molecule has 2 aromatic rings. The number of hydrogen-bond donors (Lipinski definition) is 1. The van der Waals surface area contributed by atoms with Crippen molar-refractivity contribution in [3.05, 3.63) is 34.9 Å². The van der Waals surface area contributed by atoms with Crippen LogP contribution in [0.5, 0.6) is 5.75 Å². The average Bonchev–Trinajstić information content (AvgIpc) is 2.51. The molecule has 1 aromatic carbocycles. The molecule has 0 aliphatic rings. The third-order valence-corrected chi connectivity index (χ3v) is 3.87. The lowest BCUT2D eigenvalue weighted by molar-refractivity contribution is -0.129. The monoisotopic (exact) mass is 388 g/mol. The third kappa shape index (κ3) is 4.72. The van der Waals surface area contributed by atoms with E-state index in [0.717, 1.165) is 15.4 Å². The van der Waals surface area contributed by atoms with Crippen LogP contribution in [-0.4, -0.2) is 22.5 Å². The van der Waals surface area contributed by atoms with Crippen LogP contribution < -0.4 is 10.1 Å². The van der Waals surface area contributed by atoms with Gasteiger partial charge in [0.15, 0.2) is 6.10 Å². The van der Waals surface area contributed by atoms with Gasteiger partial charge < -0.3 is 10.1 Å². The van der Waals surface area contributed by atoms with Crippen LogP contribution in [0.25, 0.3) is 10.9 Å². The summed E-state index contributed by atoms with van der Waals surface area (Å²) in [6.45, 7) is 7.41. The number of rotatable bonds is 5. The first-order valence-corrected chi connectivity index (χ1v) is 8.62. The molecule has 0 bridgehead atoms. The summed E-state index contributed by atoms with van der Waals surface area (Å²) in [5.41, 5.74) is 0.295. The maximum Gasteiger partial charge on any atom is 0.262 e. The van der Waals surface area contributed by atoms with Gasteiger partial charge in [-0.1, -0.05) is 12.8 Å². The number of benzene rings is 1. The molecular formula is C19H21BrN2O2. The molecule has 1 aromatic heterocycles. The van der Waals surface area contributed by atoms with E-state index in [-0.39, 0.29) is 5.91 Å². The predicted molar refractivity (Wildman–Crippen MR) is 99.8 cm³/mol. The molecule has 0 radical (unpaired) electrons. The van der Waals surface area contributed by atoms with Crippen LogP contribution in [0.3, 0.4) is 0 Å². The summed E-state index contributed by atoms with van der Waals surface area (Å²) in [4.78, 5) is 16.8. The maximum atomic E-state index is 12.5. The molecule has 1 unspecified atom stereocenters. The number of nitrogens with zero attached hydrogens (tertiary/aromatic N) is 1. The van der Waals surface area contributed by atoms with Crippen molar-refractivity contribution in [2.45, 2.75) is 45.8 Å².